The molecule has 0 aromatic heterocycles. The summed E-state index contributed by atoms with van der Waals surface area (Å²) in [6.45, 7) is 1.82. The smallest absolute Gasteiger partial charge is 0.490 e. The Kier molecular flexibility index (Phi) is 7.61. The summed E-state index contributed by atoms with van der Waals surface area (Å²) < 4.78 is 46.4. The monoisotopic (exact) mass is 450 g/mol. The van der Waals surface area contributed by atoms with E-state index in [0.717, 1.165) is 37.8 Å². The number of nitrogens with one attached hydrogen (secondary N) is 2. The number of hydrogen-bond donors (Lipinski definition) is 2. The molecule has 1 saturated carbocycles. The molecule has 0 aliphatic heterocycles. The Balaban J connectivity index is 1.40. The maximum Gasteiger partial charge on any atom is 0.573 e. The minimum Gasteiger partial charge on any atom is -0.490 e. The molecular weight excluding hydrogens is 425 g/mol. The van der Waals surface area contributed by atoms with Crippen LogP contribution in [0.2, 0.25) is 0 Å². The van der Waals surface area contributed by atoms with Crippen molar-refractivity contribution in [1.29, 1.82) is 0 Å². The lowest BCUT2D eigenvalue weighted by molar-refractivity contribution is -0.274. The molecule has 0 unspecified atom stereocenters. The molecule has 2 N–H and O–H groups in total. The zero-order valence-electron chi connectivity index (χ0n) is 17.6. The second kappa shape index (κ2) is 10.4. The van der Waals surface area contributed by atoms with Crippen LogP contribution in [-0.4, -0.2) is 30.3 Å². The minimum atomic E-state index is -4.76. The Morgan fingerprint density at radius 2 is 1.53 bits per heavy atom. The van der Waals surface area contributed by atoms with Gasteiger partial charge in [0.25, 0.3) is 0 Å². The Bertz CT molecular complexity index is 906. The predicted molar refractivity (Wildman–Crippen MR) is 113 cm³/mol. The first-order chi connectivity index (χ1) is 15.2. The summed E-state index contributed by atoms with van der Waals surface area (Å²) in [6.07, 6.45) is -1.25. The normalized spacial score (nSPS) is 18.5. The fraction of sp³-hybridized carbons (Fsp3) is 0.391. The van der Waals surface area contributed by atoms with Crippen LogP contribution in [-0.2, 0) is 0 Å². The number of Topliss-reactive ketones (excluding diaryl/α,β-unsaturated/α-hetero) is 1. The summed E-state index contributed by atoms with van der Waals surface area (Å²) >= 11 is 0. The molecule has 0 saturated heterocycles. The van der Waals surface area contributed by atoms with Gasteiger partial charge in [0.05, 0.1) is 6.10 Å². The van der Waals surface area contributed by atoms with Gasteiger partial charge in [0.2, 0.25) is 0 Å². The van der Waals surface area contributed by atoms with Gasteiger partial charge >= 0.3 is 12.4 Å². The van der Waals surface area contributed by atoms with Crippen LogP contribution in [0.3, 0.4) is 0 Å². The fourth-order valence-corrected chi connectivity index (χ4v) is 3.53. The molecular formula is C23H25F3N2O4. The summed E-state index contributed by atoms with van der Waals surface area (Å²) in [7, 11) is 0. The van der Waals surface area contributed by atoms with Crippen molar-refractivity contribution >= 4 is 17.5 Å². The van der Waals surface area contributed by atoms with Gasteiger partial charge in [-0.05, 0) is 74.2 Å². The zero-order valence-corrected chi connectivity index (χ0v) is 17.6. The molecule has 1 aliphatic rings. The van der Waals surface area contributed by atoms with Crippen LogP contribution < -0.4 is 20.1 Å². The van der Waals surface area contributed by atoms with Gasteiger partial charge in [-0.15, -0.1) is 13.2 Å². The number of rotatable bonds is 7. The van der Waals surface area contributed by atoms with Crippen molar-refractivity contribution in [3.05, 3.63) is 54.1 Å². The van der Waals surface area contributed by atoms with E-state index in [2.05, 4.69) is 15.4 Å². The van der Waals surface area contributed by atoms with Gasteiger partial charge in [-0.1, -0.05) is 6.92 Å². The number of amides is 2. The van der Waals surface area contributed by atoms with Crippen molar-refractivity contribution in [2.75, 3.05) is 5.32 Å². The van der Waals surface area contributed by atoms with Crippen LogP contribution in [0, 0.1) is 0 Å². The molecule has 32 heavy (non-hydrogen) atoms. The Labute approximate surface area is 184 Å². The van der Waals surface area contributed by atoms with E-state index in [1.807, 2.05) is 6.92 Å². The zero-order chi connectivity index (χ0) is 23.1. The lowest BCUT2D eigenvalue weighted by atomic mass is 9.93. The number of halogens is 3. The van der Waals surface area contributed by atoms with Crippen molar-refractivity contribution in [3.8, 4) is 11.5 Å². The second-order valence-corrected chi connectivity index (χ2v) is 7.56. The lowest BCUT2D eigenvalue weighted by Gasteiger charge is -2.29. The Morgan fingerprint density at radius 3 is 2.09 bits per heavy atom. The SMILES string of the molecule is CCC(=O)c1ccc(OC2CCC(NC(=O)Nc3ccc(OC(F)(F)F)cc3)CC2)cc1. The van der Waals surface area contributed by atoms with Crippen molar-refractivity contribution in [3.63, 3.8) is 0 Å². The number of carbonyl (C=O) groups is 2. The molecule has 0 heterocycles. The lowest BCUT2D eigenvalue weighted by Crippen LogP contribution is -2.41. The number of anilines is 1. The number of ether oxygens (including phenoxy) is 2. The average Bonchev–Trinajstić information content (AvgIpc) is 2.75. The van der Waals surface area contributed by atoms with E-state index in [1.165, 1.54) is 12.1 Å². The number of ketones is 1. The number of hydrogen-bond acceptors (Lipinski definition) is 4. The van der Waals surface area contributed by atoms with Crippen LogP contribution in [0.25, 0.3) is 0 Å². The number of alkyl halides is 3. The molecule has 1 fully saturated rings. The number of benzene rings is 2. The van der Waals surface area contributed by atoms with Gasteiger partial charge in [-0.2, -0.15) is 0 Å². The number of urea groups is 1. The second-order valence-electron chi connectivity index (χ2n) is 7.56. The molecule has 0 spiro atoms. The van der Waals surface area contributed by atoms with Gasteiger partial charge in [0.15, 0.2) is 5.78 Å². The van der Waals surface area contributed by atoms with E-state index in [9.17, 15) is 22.8 Å². The summed E-state index contributed by atoms with van der Waals surface area (Å²) in [5, 5.41) is 5.48. The van der Waals surface area contributed by atoms with Crippen molar-refractivity contribution in [1.82, 2.24) is 5.32 Å². The first kappa shape index (κ1) is 23.4. The summed E-state index contributed by atoms with van der Waals surface area (Å²) in [6, 6.07) is 11.6. The van der Waals surface area contributed by atoms with Crippen LogP contribution in [0.5, 0.6) is 11.5 Å². The molecule has 3 rings (SSSR count). The molecule has 0 radical (unpaired) electrons. The maximum atomic E-state index is 12.2. The molecule has 1 aliphatic carbocycles. The van der Waals surface area contributed by atoms with E-state index in [4.69, 9.17) is 4.74 Å². The molecule has 0 atom stereocenters. The van der Waals surface area contributed by atoms with Gasteiger partial charge in [0, 0.05) is 23.7 Å². The highest BCUT2D eigenvalue weighted by molar-refractivity contribution is 5.95. The average molecular weight is 450 g/mol. The van der Waals surface area contributed by atoms with Gasteiger partial charge in [-0.3, -0.25) is 4.79 Å². The first-order valence-electron chi connectivity index (χ1n) is 10.4. The fourth-order valence-electron chi connectivity index (χ4n) is 3.53. The van der Waals surface area contributed by atoms with Crippen LogP contribution in [0.4, 0.5) is 23.7 Å². The summed E-state index contributed by atoms with van der Waals surface area (Å²) in [5.41, 5.74) is 1.03. The molecule has 6 nitrogen and oxygen atoms in total. The largest absolute Gasteiger partial charge is 0.573 e. The molecule has 9 heteroatoms. The Hall–Kier alpha value is -3.23. The third-order valence-corrected chi connectivity index (χ3v) is 5.16. The molecule has 0 bridgehead atoms. The predicted octanol–water partition coefficient (Wildman–Crippen LogP) is 5.69. The number of carbonyl (C=O) groups excluding carboxylic acids is 2. The van der Waals surface area contributed by atoms with Crippen LogP contribution >= 0.6 is 0 Å². The van der Waals surface area contributed by atoms with E-state index in [-0.39, 0.29) is 23.7 Å². The van der Waals surface area contributed by atoms with Gasteiger partial charge in [0.1, 0.15) is 11.5 Å². The molecule has 2 amide bonds. The third-order valence-electron chi connectivity index (χ3n) is 5.16. The summed E-state index contributed by atoms with van der Waals surface area (Å²) in [4.78, 5) is 23.9. The van der Waals surface area contributed by atoms with Crippen molar-refractivity contribution in [2.24, 2.45) is 0 Å². The van der Waals surface area contributed by atoms with Crippen molar-refractivity contribution in [2.45, 2.75) is 57.5 Å². The van der Waals surface area contributed by atoms with Crippen LogP contribution in [0.15, 0.2) is 48.5 Å². The van der Waals surface area contributed by atoms with Crippen LogP contribution in [0.1, 0.15) is 49.4 Å². The summed E-state index contributed by atoms with van der Waals surface area (Å²) in [5.74, 6) is 0.449. The van der Waals surface area contributed by atoms with E-state index in [0.29, 0.717) is 23.4 Å². The molecule has 2 aromatic rings. The quantitative estimate of drug-likeness (QED) is 0.532. The first-order valence-corrected chi connectivity index (χ1v) is 10.4. The standard InChI is InChI=1S/C23H25F3N2O4/c1-2-21(29)15-3-9-18(10-4-15)31-19-11-5-16(6-12-19)27-22(30)28-17-7-13-20(14-8-17)32-23(24,25)26/h3-4,7-10,13-14,16,19H,2,5-6,11-12H2,1H3,(H2,27,28,30). The highest BCUT2D eigenvalue weighted by atomic mass is 19.4. The minimum absolute atomic E-state index is 0.0211. The van der Waals surface area contributed by atoms with E-state index >= 15 is 0 Å². The van der Waals surface area contributed by atoms with Gasteiger partial charge < -0.3 is 20.1 Å². The highest BCUT2D eigenvalue weighted by Crippen LogP contribution is 2.26. The topological polar surface area (TPSA) is 76.7 Å². The molecule has 2 aromatic carbocycles. The maximum absolute atomic E-state index is 12.2. The van der Waals surface area contributed by atoms with E-state index in [1.54, 1.807) is 24.3 Å². The highest BCUT2D eigenvalue weighted by Gasteiger charge is 2.31. The van der Waals surface area contributed by atoms with Crippen molar-refractivity contribution < 1.29 is 32.2 Å². The van der Waals surface area contributed by atoms with Gasteiger partial charge in [-0.25, -0.2) is 4.79 Å². The van der Waals surface area contributed by atoms with E-state index < -0.39 is 12.4 Å². The third kappa shape index (κ3) is 7.18. The Morgan fingerprint density at radius 1 is 0.938 bits per heavy atom. The molecule has 172 valence electrons.